The molecule has 1 atom stereocenters. The van der Waals surface area contributed by atoms with Crippen LogP contribution in [-0.2, 0) is 0 Å². The van der Waals surface area contributed by atoms with Gasteiger partial charge in [0.15, 0.2) is 0 Å². The molecule has 3 nitrogen and oxygen atoms in total. The van der Waals surface area contributed by atoms with Crippen LogP contribution in [0, 0.1) is 17.1 Å². The summed E-state index contributed by atoms with van der Waals surface area (Å²) in [5.41, 5.74) is 0.445. The van der Waals surface area contributed by atoms with E-state index in [1.165, 1.54) is 12.1 Å². The van der Waals surface area contributed by atoms with Crippen LogP contribution >= 0.6 is 0 Å². The molecule has 4 heteroatoms. The fraction of sp³-hybridized carbons (Fsp3) is 0.562. The molecule has 0 aliphatic heterocycles. The van der Waals surface area contributed by atoms with Gasteiger partial charge in [-0.15, -0.1) is 0 Å². The van der Waals surface area contributed by atoms with E-state index in [9.17, 15) is 9.65 Å². The molecular formula is C16H24FN3. The Kier molecular flexibility index (Phi) is 5.97. The molecule has 0 aromatic heterocycles. The maximum absolute atomic E-state index is 13.0. The van der Waals surface area contributed by atoms with E-state index < -0.39 is 5.54 Å². The Balaban J connectivity index is 2.69. The van der Waals surface area contributed by atoms with E-state index in [1.54, 1.807) is 12.1 Å². The molecule has 0 spiro atoms. The van der Waals surface area contributed by atoms with Crippen LogP contribution in [0.1, 0.15) is 34.1 Å². The largest absolute Gasteiger partial charge is 0.372 e. The molecule has 1 N–H and O–H groups in total. The second-order valence-corrected chi connectivity index (χ2v) is 5.55. The van der Waals surface area contributed by atoms with Crippen LogP contribution in [0.25, 0.3) is 0 Å². The molecule has 1 unspecified atom stereocenters. The van der Waals surface area contributed by atoms with Crippen molar-refractivity contribution >= 4 is 5.69 Å². The fourth-order valence-corrected chi connectivity index (χ4v) is 2.28. The van der Waals surface area contributed by atoms with Crippen LogP contribution in [0.3, 0.4) is 0 Å². The van der Waals surface area contributed by atoms with Gasteiger partial charge in [0.25, 0.3) is 0 Å². The number of hydrogen-bond donors (Lipinski definition) is 1. The van der Waals surface area contributed by atoms with Crippen molar-refractivity contribution in [1.29, 1.82) is 5.26 Å². The summed E-state index contributed by atoms with van der Waals surface area (Å²) in [7, 11) is 0. The van der Waals surface area contributed by atoms with Gasteiger partial charge in [0, 0.05) is 24.8 Å². The van der Waals surface area contributed by atoms with Crippen molar-refractivity contribution < 1.29 is 4.39 Å². The number of benzene rings is 1. The number of rotatable bonds is 7. The quantitative estimate of drug-likeness (QED) is 0.831. The smallest absolute Gasteiger partial charge is 0.123 e. The second-order valence-electron chi connectivity index (χ2n) is 5.55. The topological polar surface area (TPSA) is 39.1 Å². The third-order valence-corrected chi connectivity index (χ3v) is 3.31. The third-order valence-electron chi connectivity index (χ3n) is 3.31. The Morgan fingerprint density at radius 3 is 2.40 bits per heavy atom. The molecule has 0 bridgehead atoms. The first-order valence-electron chi connectivity index (χ1n) is 7.09. The van der Waals surface area contributed by atoms with E-state index >= 15 is 0 Å². The van der Waals surface area contributed by atoms with Gasteiger partial charge in [-0.3, -0.25) is 5.32 Å². The van der Waals surface area contributed by atoms with Gasteiger partial charge in [-0.05, 0) is 58.4 Å². The van der Waals surface area contributed by atoms with E-state index in [0.29, 0.717) is 6.42 Å². The Labute approximate surface area is 121 Å². The SMILES string of the molecule is CCN(CCC(C)(C#N)NC(C)C)c1ccc(F)cc1. The average molecular weight is 277 g/mol. The molecule has 0 aliphatic rings. The lowest BCUT2D eigenvalue weighted by Crippen LogP contribution is -2.47. The van der Waals surface area contributed by atoms with E-state index in [0.717, 1.165) is 18.8 Å². The van der Waals surface area contributed by atoms with Gasteiger partial charge < -0.3 is 4.90 Å². The van der Waals surface area contributed by atoms with Crippen LogP contribution < -0.4 is 10.2 Å². The number of hydrogen-bond acceptors (Lipinski definition) is 3. The van der Waals surface area contributed by atoms with Crippen molar-refractivity contribution in [2.45, 2.75) is 45.7 Å². The predicted octanol–water partition coefficient (Wildman–Crippen LogP) is 3.32. The number of nitrogens with one attached hydrogen (secondary N) is 1. The summed E-state index contributed by atoms with van der Waals surface area (Å²) >= 11 is 0. The molecule has 0 saturated heterocycles. The van der Waals surface area contributed by atoms with E-state index in [-0.39, 0.29) is 11.9 Å². The second kappa shape index (κ2) is 7.25. The van der Waals surface area contributed by atoms with Gasteiger partial charge in [0.05, 0.1) is 6.07 Å². The van der Waals surface area contributed by atoms with E-state index in [1.807, 2.05) is 20.8 Å². The molecule has 0 aliphatic carbocycles. The zero-order valence-electron chi connectivity index (χ0n) is 12.8. The highest BCUT2D eigenvalue weighted by atomic mass is 19.1. The predicted molar refractivity (Wildman–Crippen MR) is 81.2 cm³/mol. The summed E-state index contributed by atoms with van der Waals surface area (Å²) in [6.07, 6.45) is 0.715. The summed E-state index contributed by atoms with van der Waals surface area (Å²) in [5.74, 6) is -0.229. The first-order valence-corrected chi connectivity index (χ1v) is 7.09. The number of nitrogens with zero attached hydrogens (tertiary/aromatic N) is 2. The van der Waals surface area contributed by atoms with Gasteiger partial charge in [-0.2, -0.15) is 5.26 Å². The van der Waals surface area contributed by atoms with E-state index in [2.05, 4.69) is 23.2 Å². The first kappa shape index (κ1) is 16.5. The van der Waals surface area contributed by atoms with Crippen LogP contribution in [0.4, 0.5) is 10.1 Å². The van der Waals surface area contributed by atoms with Gasteiger partial charge in [0.2, 0.25) is 0 Å². The van der Waals surface area contributed by atoms with Gasteiger partial charge >= 0.3 is 0 Å². The minimum absolute atomic E-state index is 0.229. The molecular weight excluding hydrogens is 253 g/mol. The van der Waals surface area contributed by atoms with Crippen LogP contribution in [0.5, 0.6) is 0 Å². The van der Waals surface area contributed by atoms with Crippen LogP contribution in [0.2, 0.25) is 0 Å². The molecule has 20 heavy (non-hydrogen) atoms. The zero-order valence-corrected chi connectivity index (χ0v) is 12.8. The summed E-state index contributed by atoms with van der Waals surface area (Å²) < 4.78 is 13.0. The van der Waals surface area contributed by atoms with Crippen molar-refractivity contribution in [3.8, 4) is 6.07 Å². The molecule has 0 saturated carbocycles. The number of halogens is 1. The highest BCUT2D eigenvalue weighted by Crippen LogP contribution is 2.18. The summed E-state index contributed by atoms with van der Waals surface area (Å²) in [5, 5.41) is 12.6. The zero-order chi connectivity index (χ0) is 15.2. The number of nitriles is 1. The minimum atomic E-state index is -0.540. The molecule has 0 radical (unpaired) electrons. The molecule has 0 amide bonds. The van der Waals surface area contributed by atoms with Crippen molar-refractivity contribution in [3.63, 3.8) is 0 Å². The Morgan fingerprint density at radius 1 is 1.35 bits per heavy atom. The molecule has 0 fully saturated rings. The summed E-state index contributed by atoms with van der Waals surface area (Å²) in [4.78, 5) is 2.15. The van der Waals surface area contributed by atoms with E-state index in [4.69, 9.17) is 0 Å². The third kappa shape index (κ3) is 4.82. The maximum Gasteiger partial charge on any atom is 0.123 e. The molecule has 1 rings (SSSR count). The summed E-state index contributed by atoms with van der Waals surface area (Å²) in [6.45, 7) is 9.63. The van der Waals surface area contributed by atoms with Crippen molar-refractivity contribution in [1.82, 2.24) is 5.32 Å². The Morgan fingerprint density at radius 2 is 1.95 bits per heavy atom. The Hall–Kier alpha value is -1.60. The fourth-order valence-electron chi connectivity index (χ4n) is 2.28. The summed E-state index contributed by atoms with van der Waals surface area (Å²) in [6, 6.07) is 9.10. The Bertz CT molecular complexity index is 450. The minimum Gasteiger partial charge on any atom is -0.372 e. The molecule has 0 heterocycles. The molecule has 1 aromatic rings. The molecule has 1 aromatic carbocycles. The van der Waals surface area contributed by atoms with Crippen LogP contribution in [-0.4, -0.2) is 24.7 Å². The first-order chi connectivity index (χ1) is 9.40. The van der Waals surface area contributed by atoms with Crippen molar-refractivity contribution in [2.75, 3.05) is 18.0 Å². The number of anilines is 1. The lowest BCUT2D eigenvalue weighted by molar-refractivity contribution is 0.383. The highest BCUT2D eigenvalue weighted by molar-refractivity contribution is 5.46. The van der Waals surface area contributed by atoms with Crippen molar-refractivity contribution in [2.24, 2.45) is 0 Å². The average Bonchev–Trinajstić information content (AvgIpc) is 2.40. The van der Waals surface area contributed by atoms with Gasteiger partial charge in [-0.25, -0.2) is 4.39 Å². The highest BCUT2D eigenvalue weighted by Gasteiger charge is 2.24. The monoisotopic (exact) mass is 277 g/mol. The van der Waals surface area contributed by atoms with Gasteiger partial charge in [-0.1, -0.05) is 0 Å². The lowest BCUT2D eigenvalue weighted by Gasteiger charge is -2.30. The van der Waals surface area contributed by atoms with Gasteiger partial charge in [0.1, 0.15) is 11.4 Å². The standard InChI is InChI=1S/C16H24FN3/c1-5-20(15-8-6-14(17)7-9-15)11-10-16(4,12-18)19-13(2)3/h6-9,13,19H,5,10-11H2,1-4H3. The molecule has 110 valence electrons. The van der Waals surface area contributed by atoms with Crippen molar-refractivity contribution in [3.05, 3.63) is 30.1 Å². The maximum atomic E-state index is 13.0. The van der Waals surface area contributed by atoms with Crippen LogP contribution in [0.15, 0.2) is 24.3 Å². The normalized spacial score (nSPS) is 13.8. The lowest BCUT2D eigenvalue weighted by atomic mass is 9.98.